The number of hydrogen-bond donors (Lipinski definition) is 1. The molecule has 0 bridgehead atoms. The van der Waals surface area contributed by atoms with Crippen LogP contribution in [0.5, 0.6) is 0 Å². The Kier molecular flexibility index (Phi) is 6.59. The molecule has 202 valence electrons. The Morgan fingerprint density at radius 1 is 0.750 bits per heavy atom. The number of rotatable bonds is 4. The van der Waals surface area contributed by atoms with Crippen molar-refractivity contribution in [2.24, 2.45) is 45.3 Å². The maximum atomic E-state index is 11.8. The van der Waals surface area contributed by atoms with E-state index in [0.717, 1.165) is 30.6 Å². The van der Waals surface area contributed by atoms with Gasteiger partial charge in [0.2, 0.25) is 0 Å². The molecule has 0 heterocycles. The van der Waals surface area contributed by atoms with Crippen LogP contribution in [-0.4, -0.2) is 10.7 Å². The summed E-state index contributed by atoms with van der Waals surface area (Å²) in [6.45, 7) is 20.0. The van der Waals surface area contributed by atoms with E-state index in [4.69, 9.17) is 0 Å². The molecule has 36 heavy (non-hydrogen) atoms. The van der Waals surface area contributed by atoms with Gasteiger partial charge in [-0.1, -0.05) is 77.8 Å². The van der Waals surface area contributed by atoms with Crippen molar-refractivity contribution < 1.29 is 5.11 Å². The molecule has 1 aromatic rings. The fraction of sp³-hybridized carbons (Fsp3) is 0.829. The second-order valence-corrected chi connectivity index (χ2v) is 15.9. The van der Waals surface area contributed by atoms with Crippen LogP contribution in [0.1, 0.15) is 136 Å². The second kappa shape index (κ2) is 8.86. The quantitative estimate of drug-likeness (QED) is 0.443. The predicted molar refractivity (Wildman–Crippen MR) is 153 cm³/mol. The maximum Gasteiger partial charge on any atom is 0.0653 e. The summed E-state index contributed by atoms with van der Waals surface area (Å²) >= 11 is 0. The Hall–Kier alpha value is -0.820. The highest BCUT2D eigenvalue weighted by Crippen LogP contribution is 2.74. The molecule has 0 unspecified atom stereocenters. The van der Waals surface area contributed by atoms with Gasteiger partial charge in [-0.05, 0) is 135 Å². The molecule has 4 aliphatic carbocycles. The number of aryl methyl sites for hydroxylation is 1. The highest BCUT2D eigenvalue weighted by atomic mass is 16.3. The normalized spacial score (nSPS) is 46.8. The minimum absolute atomic E-state index is 0.257. The zero-order valence-electron chi connectivity index (χ0n) is 24.9. The first-order chi connectivity index (χ1) is 16.7. The first-order valence-corrected chi connectivity index (χ1v) is 15.5. The molecule has 5 rings (SSSR count). The molecule has 4 aliphatic rings. The molecule has 1 nitrogen and oxygen atoms in total. The van der Waals surface area contributed by atoms with Gasteiger partial charge in [0, 0.05) is 0 Å². The summed E-state index contributed by atoms with van der Waals surface area (Å²) in [4.78, 5) is 0. The maximum absolute atomic E-state index is 11.8. The lowest BCUT2D eigenvalue weighted by molar-refractivity contribution is -0.236. The number of aliphatic hydroxyl groups is 1. The van der Waals surface area contributed by atoms with Crippen LogP contribution in [0.25, 0.3) is 0 Å². The third kappa shape index (κ3) is 4.04. The van der Waals surface area contributed by atoms with Gasteiger partial charge in [-0.3, -0.25) is 0 Å². The van der Waals surface area contributed by atoms with Gasteiger partial charge in [0.05, 0.1) is 5.60 Å². The Morgan fingerprint density at radius 2 is 1.31 bits per heavy atom. The smallest absolute Gasteiger partial charge is 0.0653 e. The fourth-order valence-electron chi connectivity index (χ4n) is 11.7. The van der Waals surface area contributed by atoms with Gasteiger partial charge in [-0.15, -0.1) is 0 Å². The van der Waals surface area contributed by atoms with Gasteiger partial charge in [0.15, 0.2) is 0 Å². The molecule has 0 aliphatic heterocycles. The van der Waals surface area contributed by atoms with E-state index >= 15 is 0 Å². The molecule has 0 amide bonds. The molecular weight excluding hydrogens is 436 g/mol. The van der Waals surface area contributed by atoms with Crippen molar-refractivity contribution in [1.29, 1.82) is 0 Å². The monoisotopic (exact) mass is 492 g/mol. The van der Waals surface area contributed by atoms with E-state index in [2.05, 4.69) is 79.7 Å². The molecule has 0 radical (unpaired) electrons. The molecular formula is C35H56O. The summed E-state index contributed by atoms with van der Waals surface area (Å²) in [5.74, 6) is 3.46. The summed E-state index contributed by atoms with van der Waals surface area (Å²) in [5.41, 5.74) is 3.96. The van der Waals surface area contributed by atoms with Crippen molar-refractivity contribution >= 4 is 0 Å². The molecule has 9 atom stereocenters. The molecule has 4 saturated carbocycles. The summed E-state index contributed by atoms with van der Waals surface area (Å²) < 4.78 is 0. The van der Waals surface area contributed by atoms with Crippen molar-refractivity contribution in [3.63, 3.8) is 0 Å². The molecule has 1 heteroatoms. The minimum Gasteiger partial charge on any atom is -0.390 e. The van der Waals surface area contributed by atoms with Gasteiger partial charge in [-0.25, -0.2) is 0 Å². The van der Waals surface area contributed by atoms with Crippen molar-refractivity contribution in [3.8, 4) is 0 Å². The Balaban J connectivity index is 1.41. The van der Waals surface area contributed by atoms with E-state index in [1.807, 2.05) is 0 Å². The standard InChI is InChI=1S/C35H56O/c1-24-10-13-26(14-11-24)25(2)12-15-30-34(7)22-17-28-32(5)20-9-19-31(3,4)27(32)16-21-33(28,6)29(34)18-23-35(30,8)36/h10-11,13-14,25,27-30,36H,9,12,15-23H2,1-8H3/t25-,27+,28-,29+,30-,32+,33-,34+,35-/m1/s1. The average Bonchev–Trinajstić information content (AvgIpc) is 2.77. The van der Waals surface area contributed by atoms with Crippen LogP contribution < -0.4 is 0 Å². The number of benzene rings is 1. The Labute approximate surface area is 223 Å². The molecule has 0 saturated heterocycles. The van der Waals surface area contributed by atoms with Crippen LogP contribution in [0, 0.1) is 52.3 Å². The van der Waals surface area contributed by atoms with Crippen molar-refractivity contribution in [1.82, 2.24) is 0 Å². The zero-order valence-corrected chi connectivity index (χ0v) is 24.9. The fourth-order valence-corrected chi connectivity index (χ4v) is 11.7. The Bertz CT molecular complexity index is 942. The first kappa shape index (κ1) is 26.8. The van der Waals surface area contributed by atoms with E-state index in [9.17, 15) is 5.11 Å². The summed E-state index contributed by atoms with van der Waals surface area (Å²) in [5, 5.41) is 11.8. The zero-order chi connectivity index (χ0) is 26.1. The lowest BCUT2D eigenvalue weighted by Gasteiger charge is -2.71. The Morgan fingerprint density at radius 3 is 2.00 bits per heavy atom. The number of hydrogen-bond acceptors (Lipinski definition) is 1. The van der Waals surface area contributed by atoms with E-state index < -0.39 is 5.60 Å². The summed E-state index contributed by atoms with van der Waals surface area (Å²) in [6.07, 6.45) is 14.4. The SMILES string of the molecule is Cc1ccc([C@H](C)CC[C@@H]2[C@@]3(C)CC[C@H]4[C@@](C)(CC[C@H]5C(C)(C)CCC[C@]45C)[C@@H]3CC[C@@]2(C)O)cc1. The highest BCUT2D eigenvalue weighted by molar-refractivity contribution is 5.24. The van der Waals surface area contributed by atoms with E-state index in [1.165, 1.54) is 68.9 Å². The van der Waals surface area contributed by atoms with Gasteiger partial charge >= 0.3 is 0 Å². The third-order valence-electron chi connectivity index (χ3n) is 13.4. The largest absolute Gasteiger partial charge is 0.390 e. The van der Waals surface area contributed by atoms with Crippen molar-refractivity contribution in [2.75, 3.05) is 0 Å². The van der Waals surface area contributed by atoms with Gasteiger partial charge in [0.25, 0.3) is 0 Å². The average molecular weight is 493 g/mol. The lowest BCUT2D eigenvalue weighted by atomic mass is 9.34. The molecule has 1 aromatic carbocycles. The van der Waals surface area contributed by atoms with Crippen LogP contribution in [0.15, 0.2) is 24.3 Å². The highest BCUT2D eigenvalue weighted by Gasteiger charge is 2.67. The lowest BCUT2D eigenvalue weighted by Crippen LogP contribution is -2.65. The van der Waals surface area contributed by atoms with Gasteiger partial charge in [-0.2, -0.15) is 0 Å². The van der Waals surface area contributed by atoms with E-state index in [-0.39, 0.29) is 5.41 Å². The molecule has 4 fully saturated rings. The summed E-state index contributed by atoms with van der Waals surface area (Å²) in [6, 6.07) is 9.15. The molecule has 0 spiro atoms. The third-order valence-corrected chi connectivity index (χ3v) is 13.4. The van der Waals surface area contributed by atoms with Crippen LogP contribution in [0.3, 0.4) is 0 Å². The van der Waals surface area contributed by atoms with Crippen molar-refractivity contribution in [2.45, 2.75) is 138 Å². The topological polar surface area (TPSA) is 20.2 Å². The van der Waals surface area contributed by atoms with Crippen molar-refractivity contribution in [3.05, 3.63) is 35.4 Å². The van der Waals surface area contributed by atoms with E-state index in [1.54, 1.807) is 0 Å². The van der Waals surface area contributed by atoms with E-state index in [0.29, 0.717) is 28.1 Å². The van der Waals surface area contributed by atoms with Crippen LogP contribution in [-0.2, 0) is 0 Å². The minimum atomic E-state index is -0.532. The second-order valence-electron chi connectivity index (χ2n) is 15.9. The van der Waals surface area contributed by atoms with Crippen LogP contribution in [0.4, 0.5) is 0 Å². The predicted octanol–water partition coefficient (Wildman–Crippen LogP) is 9.70. The summed E-state index contributed by atoms with van der Waals surface area (Å²) in [7, 11) is 0. The van der Waals surface area contributed by atoms with Gasteiger partial charge < -0.3 is 5.11 Å². The van der Waals surface area contributed by atoms with Crippen LogP contribution in [0.2, 0.25) is 0 Å². The van der Waals surface area contributed by atoms with Crippen LogP contribution >= 0.6 is 0 Å². The number of fused-ring (bicyclic) bond motifs is 5. The first-order valence-electron chi connectivity index (χ1n) is 15.5. The molecule has 0 aromatic heterocycles. The van der Waals surface area contributed by atoms with Gasteiger partial charge in [0.1, 0.15) is 0 Å². The molecule has 1 N–H and O–H groups in total.